The van der Waals surface area contributed by atoms with E-state index in [0.29, 0.717) is 0 Å². The summed E-state index contributed by atoms with van der Waals surface area (Å²) in [6.45, 7) is 0.863. The van der Waals surface area contributed by atoms with E-state index in [2.05, 4.69) is 20.6 Å². The highest BCUT2D eigenvalue weighted by molar-refractivity contribution is 7.20. The number of aromatic nitrogens is 3. The Labute approximate surface area is 112 Å². The zero-order chi connectivity index (χ0) is 12.4. The number of rotatable bonds is 0. The van der Waals surface area contributed by atoms with E-state index in [1.807, 2.05) is 24.7 Å². The molecule has 0 radical (unpaired) electrons. The molecule has 90 valence electrons. The van der Waals surface area contributed by atoms with E-state index in [9.17, 15) is 0 Å². The Morgan fingerprint density at radius 3 is 3.05 bits per heavy atom. The van der Waals surface area contributed by atoms with Gasteiger partial charge in [0, 0.05) is 36.4 Å². The Bertz CT molecular complexity index is 954. The molecule has 0 aromatic carbocycles. The second-order valence-electron chi connectivity index (χ2n) is 4.64. The average Bonchev–Trinajstić information content (AvgIpc) is 3.05. The minimum Gasteiger partial charge on any atom is -0.439 e. The van der Waals surface area contributed by atoms with E-state index in [0.717, 1.165) is 27.9 Å². The molecule has 19 heavy (non-hydrogen) atoms. The maximum atomic E-state index is 5.91. The van der Waals surface area contributed by atoms with Crippen LogP contribution in [0.25, 0.3) is 32.0 Å². The largest absolute Gasteiger partial charge is 0.439 e. The van der Waals surface area contributed by atoms with Gasteiger partial charge in [-0.05, 0) is 17.4 Å². The molecule has 0 unspecified atom stereocenters. The van der Waals surface area contributed by atoms with Crippen LogP contribution in [0.4, 0.5) is 0 Å². The summed E-state index contributed by atoms with van der Waals surface area (Å²) >= 11 is 1.70. The van der Waals surface area contributed by atoms with Crippen LogP contribution in [0.3, 0.4) is 0 Å². The third-order valence-corrected chi connectivity index (χ3v) is 4.69. The van der Waals surface area contributed by atoms with Gasteiger partial charge in [0.25, 0.3) is 15.4 Å². The maximum absolute atomic E-state index is 5.91. The summed E-state index contributed by atoms with van der Waals surface area (Å²) in [7, 11) is 0. The fourth-order valence-corrected chi connectivity index (χ4v) is 3.96. The molecule has 5 heteroatoms. The van der Waals surface area contributed by atoms with Crippen LogP contribution in [0.1, 0.15) is 5.56 Å². The first-order valence-electron chi connectivity index (χ1n) is 6.04. The van der Waals surface area contributed by atoms with E-state index < -0.39 is 0 Å². The third-order valence-electron chi connectivity index (χ3n) is 3.60. The number of fused-ring (bicyclic) bond motifs is 7. The van der Waals surface area contributed by atoms with Crippen molar-refractivity contribution in [3.05, 3.63) is 42.5 Å². The second-order valence-corrected chi connectivity index (χ2v) is 5.60. The number of nitrogens with zero attached hydrogens (tertiary/aromatic N) is 3. The number of hydrogen-bond acceptors (Lipinski definition) is 4. The van der Waals surface area contributed by atoms with Crippen LogP contribution in [0.5, 0.6) is 0 Å². The smallest absolute Gasteiger partial charge is 0.273 e. The van der Waals surface area contributed by atoms with Gasteiger partial charge in [0.15, 0.2) is 6.54 Å². The number of hydrogen-bond donors (Lipinski definition) is 0. The molecule has 0 saturated carbocycles. The molecule has 0 amide bonds. The number of pyridine rings is 2. The molecule has 0 saturated heterocycles. The second kappa shape index (κ2) is 3.19. The fraction of sp³-hybridized carbons (Fsp3) is 0.0714. The lowest BCUT2D eigenvalue weighted by atomic mass is 10.2. The van der Waals surface area contributed by atoms with Crippen LogP contribution in [-0.4, -0.2) is 9.97 Å². The van der Waals surface area contributed by atoms with Crippen molar-refractivity contribution in [1.82, 2.24) is 9.97 Å². The quantitative estimate of drug-likeness (QED) is 0.405. The summed E-state index contributed by atoms with van der Waals surface area (Å²) in [6.07, 6.45) is 7.43. The summed E-state index contributed by atoms with van der Waals surface area (Å²) in [6, 6.07) is 3.99. The van der Waals surface area contributed by atoms with Crippen molar-refractivity contribution in [2.75, 3.05) is 0 Å². The highest BCUT2D eigenvalue weighted by Crippen LogP contribution is 2.38. The SMILES string of the molecule is c1cc2c(cn1)C[n+]1c-2sc2oc3ccncc3c21. The molecule has 1 aliphatic rings. The van der Waals surface area contributed by atoms with Gasteiger partial charge in [-0.15, -0.1) is 0 Å². The van der Waals surface area contributed by atoms with Crippen LogP contribution in [0.2, 0.25) is 0 Å². The Balaban J connectivity index is 1.94. The van der Waals surface area contributed by atoms with Gasteiger partial charge in [-0.1, -0.05) is 0 Å². The van der Waals surface area contributed by atoms with Crippen LogP contribution in [0.15, 0.2) is 41.3 Å². The molecule has 4 nitrogen and oxygen atoms in total. The van der Waals surface area contributed by atoms with Gasteiger partial charge < -0.3 is 4.42 Å². The van der Waals surface area contributed by atoms with E-state index in [1.165, 1.54) is 16.1 Å². The van der Waals surface area contributed by atoms with E-state index in [1.54, 1.807) is 17.5 Å². The van der Waals surface area contributed by atoms with Crippen molar-refractivity contribution >= 4 is 32.7 Å². The number of thiazole rings is 1. The summed E-state index contributed by atoms with van der Waals surface area (Å²) in [4.78, 5) is 9.39. The minimum absolute atomic E-state index is 0.863. The molecular formula is C14H8N3OS+. The first kappa shape index (κ1) is 9.63. The molecular weight excluding hydrogens is 258 g/mol. The number of furan rings is 1. The van der Waals surface area contributed by atoms with Gasteiger partial charge in [0.2, 0.25) is 0 Å². The molecule has 0 atom stereocenters. The highest BCUT2D eigenvalue weighted by Gasteiger charge is 2.34. The Hall–Kier alpha value is -2.27. The lowest BCUT2D eigenvalue weighted by Crippen LogP contribution is -2.30. The van der Waals surface area contributed by atoms with Crippen molar-refractivity contribution in [3.63, 3.8) is 0 Å². The summed E-state index contributed by atoms with van der Waals surface area (Å²) in [5.41, 5.74) is 4.59. The summed E-state index contributed by atoms with van der Waals surface area (Å²) in [5.74, 6) is 0. The maximum Gasteiger partial charge on any atom is 0.273 e. The molecule has 4 aromatic rings. The van der Waals surface area contributed by atoms with Gasteiger partial charge in [0.05, 0.1) is 5.56 Å². The van der Waals surface area contributed by atoms with E-state index in [4.69, 9.17) is 4.42 Å². The normalized spacial score (nSPS) is 13.1. The molecule has 5 heterocycles. The molecule has 4 aromatic heterocycles. The Morgan fingerprint density at radius 2 is 2.05 bits per heavy atom. The van der Waals surface area contributed by atoms with Crippen molar-refractivity contribution in [1.29, 1.82) is 0 Å². The first-order valence-corrected chi connectivity index (χ1v) is 6.85. The molecule has 1 aliphatic heterocycles. The van der Waals surface area contributed by atoms with E-state index >= 15 is 0 Å². The molecule has 0 bridgehead atoms. The molecule has 0 spiro atoms. The van der Waals surface area contributed by atoms with Crippen LogP contribution < -0.4 is 4.57 Å². The van der Waals surface area contributed by atoms with Crippen LogP contribution >= 0.6 is 11.3 Å². The predicted octanol–water partition coefficient (Wildman–Crippen LogP) is 2.75. The van der Waals surface area contributed by atoms with Gasteiger partial charge >= 0.3 is 0 Å². The predicted molar refractivity (Wildman–Crippen MR) is 71.9 cm³/mol. The van der Waals surface area contributed by atoms with Gasteiger partial charge in [-0.2, -0.15) is 4.57 Å². The Morgan fingerprint density at radius 1 is 1.16 bits per heavy atom. The highest BCUT2D eigenvalue weighted by atomic mass is 32.1. The monoisotopic (exact) mass is 266 g/mol. The van der Waals surface area contributed by atoms with Crippen LogP contribution in [0, 0.1) is 0 Å². The van der Waals surface area contributed by atoms with Crippen LogP contribution in [-0.2, 0) is 6.54 Å². The first-order chi connectivity index (χ1) is 9.42. The van der Waals surface area contributed by atoms with Crippen molar-refractivity contribution in [2.24, 2.45) is 0 Å². The average molecular weight is 266 g/mol. The van der Waals surface area contributed by atoms with Crippen molar-refractivity contribution < 1.29 is 8.98 Å². The lowest BCUT2D eigenvalue weighted by molar-refractivity contribution is -0.641. The third kappa shape index (κ3) is 1.11. The topological polar surface area (TPSA) is 42.8 Å². The lowest BCUT2D eigenvalue weighted by Gasteiger charge is -1.88. The molecule has 0 N–H and O–H groups in total. The Kier molecular flexibility index (Phi) is 1.62. The zero-order valence-electron chi connectivity index (χ0n) is 9.83. The van der Waals surface area contributed by atoms with Crippen molar-refractivity contribution in [3.8, 4) is 10.6 Å². The molecule has 5 rings (SSSR count). The zero-order valence-corrected chi connectivity index (χ0v) is 10.6. The van der Waals surface area contributed by atoms with Gasteiger partial charge in [0.1, 0.15) is 11.0 Å². The fourth-order valence-electron chi connectivity index (χ4n) is 2.76. The van der Waals surface area contributed by atoms with Crippen molar-refractivity contribution in [2.45, 2.75) is 6.54 Å². The van der Waals surface area contributed by atoms with E-state index in [-0.39, 0.29) is 0 Å². The summed E-state index contributed by atoms with van der Waals surface area (Å²) < 4.78 is 8.21. The molecule has 0 aliphatic carbocycles. The standard InChI is InChI=1S/C14H8N3OS/c1-3-15-5-8-7-17-12-10-6-16-4-2-11(10)18-14(12)19-13(17)9(1)8/h1-6H,7H2/q+1. The van der Waals surface area contributed by atoms with Gasteiger partial charge in [-0.3, -0.25) is 9.97 Å². The molecule has 0 fully saturated rings. The summed E-state index contributed by atoms with van der Waals surface area (Å²) in [5, 5.41) is 2.33. The minimum atomic E-state index is 0.863. The van der Waals surface area contributed by atoms with Gasteiger partial charge in [-0.25, -0.2) is 0 Å².